The third-order valence-corrected chi connectivity index (χ3v) is 1.08. The van der Waals surface area contributed by atoms with Gasteiger partial charge in [0.15, 0.2) is 0 Å². The molecule has 0 spiro atoms. The summed E-state index contributed by atoms with van der Waals surface area (Å²) in [6, 6.07) is 9.99. The summed E-state index contributed by atoms with van der Waals surface area (Å²) in [6.45, 7) is 4.64. The quantitative estimate of drug-likeness (QED) is 0.630. The largest absolute Gasteiger partial charge is 0.326 e. The van der Waals surface area contributed by atoms with Crippen molar-refractivity contribution in [2.75, 3.05) is 0 Å². The van der Waals surface area contributed by atoms with Gasteiger partial charge in [0.25, 0.3) is 0 Å². The van der Waals surface area contributed by atoms with Gasteiger partial charge in [-0.15, -0.1) is 0 Å². The topological polar surface area (TPSA) is 26.0 Å². The Kier molecular flexibility index (Phi) is 5.79. The zero-order valence-electron chi connectivity index (χ0n) is 6.67. The third-order valence-electron chi connectivity index (χ3n) is 1.08. The minimum atomic E-state index is 0.640. The van der Waals surface area contributed by atoms with Crippen molar-refractivity contribution in [3.63, 3.8) is 0 Å². The van der Waals surface area contributed by atoms with E-state index >= 15 is 0 Å². The molecule has 1 rings (SSSR count). The molecule has 0 saturated carbocycles. The molecule has 1 heteroatoms. The lowest BCUT2D eigenvalue weighted by Crippen LogP contribution is -1.94. The highest BCUT2D eigenvalue weighted by molar-refractivity contribution is 5.13. The summed E-state index contributed by atoms with van der Waals surface area (Å²) in [6.07, 6.45) is 0. The van der Waals surface area contributed by atoms with Gasteiger partial charge in [0.1, 0.15) is 0 Å². The van der Waals surface area contributed by atoms with E-state index in [1.165, 1.54) is 5.56 Å². The number of benzene rings is 1. The molecular weight excluding hydrogens is 122 g/mol. The molecule has 0 aliphatic carbocycles. The van der Waals surface area contributed by atoms with Crippen LogP contribution < -0.4 is 5.73 Å². The number of rotatable bonds is 1. The number of hydrogen-bond acceptors (Lipinski definition) is 1. The molecular formula is C9H15N. The van der Waals surface area contributed by atoms with Crippen LogP contribution in [0.1, 0.15) is 19.4 Å². The Bertz CT molecular complexity index is 146. The Labute approximate surface area is 62.9 Å². The van der Waals surface area contributed by atoms with Gasteiger partial charge in [-0.3, -0.25) is 0 Å². The van der Waals surface area contributed by atoms with Crippen LogP contribution >= 0.6 is 0 Å². The van der Waals surface area contributed by atoms with Crippen LogP contribution in [0.25, 0.3) is 0 Å². The van der Waals surface area contributed by atoms with Gasteiger partial charge in [0.05, 0.1) is 0 Å². The molecule has 0 aliphatic rings. The first kappa shape index (κ1) is 9.18. The molecule has 1 aromatic carbocycles. The molecule has 0 heterocycles. The van der Waals surface area contributed by atoms with E-state index < -0.39 is 0 Å². The van der Waals surface area contributed by atoms with Gasteiger partial charge in [-0.2, -0.15) is 0 Å². The molecule has 0 aromatic heterocycles. The standard InChI is InChI=1S/C7H9N.C2H6/c8-6-7-4-2-1-3-5-7;1-2/h1-5H,6,8H2;1-2H3. The monoisotopic (exact) mass is 137 g/mol. The second-order valence-corrected chi connectivity index (χ2v) is 1.69. The molecule has 0 saturated heterocycles. The summed E-state index contributed by atoms with van der Waals surface area (Å²) < 4.78 is 0. The first-order valence-electron chi connectivity index (χ1n) is 3.67. The Morgan fingerprint density at radius 1 is 1.10 bits per heavy atom. The predicted molar refractivity (Wildman–Crippen MR) is 45.7 cm³/mol. The lowest BCUT2D eigenvalue weighted by atomic mass is 10.2. The third kappa shape index (κ3) is 3.25. The lowest BCUT2D eigenvalue weighted by Gasteiger charge is -1.90. The van der Waals surface area contributed by atoms with Crippen LogP contribution in [0.2, 0.25) is 0 Å². The molecule has 0 atom stereocenters. The van der Waals surface area contributed by atoms with Gasteiger partial charge in [0.2, 0.25) is 0 Å². The van der Waals surface area contributed by atoms with E-state index in [2.05, 4.69) is 0 Å². The molecule has 0 fully saturated rings. The minimum absolute atomic E-state index is 0.640. The average Bonchev–Trinajstić information content (AvgIpc) is 2.10. The highest BCUT2D eigenvalue weighted by atomic mass is 14.5. The van der Waals surface area contributed by atoms with Crippen molar-refractivity contribution in [1.29, 1.82) is 0 Å². The van der Waals surface area contributed by atoms with E-state index in [4.69, 9.17) is 5.73 Å². The van der Waals surface area contributed by atoms with Crippen molar-refractivity contribution in [3.05, 3.63) is 35.9 Å². The number of nitrogens with two attached hydrogens (primary N) is 1. The molecule has 1 nitrogen and oxygen atoms in total. The van der Waals surface area contributed by atoms with Crippen molar-refractivity contribution >= 4 is 0 Å². The van der Waals surface area contributed by atoms with E-state index in [9.17, 15) is 0 Å². The van der Waals surface area contributed by atoms with Crippen LogP contribution in [-0.2, 0) is 6.54 Å². The van der Waals surface area contributed by atoms with E-state index in [1.807, 2.05) is 44.2 Å². The molecule has 10 heavy (non-hydrogen) atoms. The fourth-order valence-electron chi connectivity index (χ4n) is 0.614. The molecule has 0 unspecified atom stereocenters. The van der Waals surface area contributed by atoms with Crippen molar-refractivity contribution in [1.82, 2.24) is 0 Å². The first-order chi connectivity index (χ1) is 4.93. The second-order valence-electron chi connectivity index (χ2n) is 1.69. The smallest absolute Gasteiger partial charge is 0.0178 e. The van der Waals surface area contributed by atoms with Crippen molar-refractivity contribution in [2.24, 2.45) is 5.73 Å². The summed E-state index contributed by atoms with van der Waals surface area (Å²) in [5.41, 5.74) is 6.54. The van der Waals surface area contributed by atoms with Crippen LogP contribution in [0, 0.1) is 0 Å². The maximum Gasteiger partial charge on any atom is 0.0178 e. The maximum atomic E-state index is 5.35. The van der Waals surface area contributed by atoms with E-state index in [0.29, 0.717) is 6.54 Å². The van der Waals surface area contributed by atoms with Crippen LogP contribution in [0.3, 0.4) is 0 Å². The predicted octanol–water partition coefficient (Wildman–Crippen LogP) is 2.17. The molecule has 0 radical (unpaired) electrons. The average molecular weight is 137 g/mol. The molecule has 0 amide bonds. The summed E-state index contributed by atoms with van der Waals surface area (Å²) in [4.78, 5) is 0. The van der Waals surface area contributed by atoms with Crippen LogP contribution in [0.15, 0.2) is 30.3 Å². The fraction of sp³-hybridized carbons (Fsp3) is 0.333. The van der Waals surface area contributed by atoms with Gasteiger partial charge < -0.3 is 5.73 Å². The highest BCUT2D eigenvalue weighted by Gasteiger charge is 1.80. The maximum absolute atomic E-state index is 5.35. The molecule has 0 bridgehead atoms. The van der Waals surface area contributed by atoms with Crippen LogP contribution in [0.4, 0.5) is 0 Å². The second kappa shape index (κ2) is 6.30. The van der Waals surface area contributed by atoms with Gasteiger partial charge in [0, 0.05) is 6.54 Å². The van der Waals surface area contributed by atoms with E-state index in [0.717, 1.165) is 0 Å². The normalized spacial score (nSPS) is 7.90. The van der Waals surface area contributed by atoms with Gasteiger partial charge in [-0.25, -0.2) is 0 Å². The Morgan fingerprint density at radius 3 is 1.90 bits per heavy atom. The molecule has 2 N–H and O–H groups in total. The van der Waals surface area contributed by atoms with E-state index in [1.54, 1.807) is 0 Å². The number of hydrogen-bond donors (Lipinski definition) is 1. The van der Waals surface area contributed by atoms with E-state index in [-0.39, 0.29) is 0 Å². The molecule has 1 aromatic rings. The van der Waals surface area contributed by atoms with Gasteiger partial charge in [-0.05, 0) is 5.56 Å². The van der Waals surface area contributed by atoms with Gasteiger partial charge >= 0.3 is 0 Å². The zero-order valence-corrected chi connectivity index (χ0v) is 6.67. The van der Waals surface area contributed by atoms with Crippen molar-refractivity contribution in [3.8, 4) is 0 Å². The summed E-state index contributed by atoms with van der Waals surface area (Å²) in [7, 11) is 0. The van der Waals surface area contributed by atoms with Crippen molar-refractivity contribution in [2.45, 2.75) is 20.4 Å². The fourth-order valence-corrected chi connectivity index (χ4v) is 0.614. The SMILES string of the molecule is CC.NCc1ccccc1. The Morgan fingerprint density at radius 2 is 1.60 bits per heavy atom. The van der Waals surface area contributed by atoms with Crippen molar-refractivity contribution < 1.29 is 0 Å². The summed E-state index contributed by atoms with van der Waals surface area (Å²) in [5.74, 6) is 0. The Hall–Kier alpha value is -0.820. The van der Waals surface area contributed by atoms with Crippen LogP contribution in [-0.4, -0.2) is 0 Å². The molecule has 0 aliphatic heterocycles. The minimum Gasteiger partial charge on any atom is -0.326 e. The highest BCUT2D eigenvalue weighted by Crippen LogP contribution is 1.94. The lowest BCUT2D eigenvalue weighted by molar-refractivity contribution is 1.07. The first-order valence-corrected chi connectivity index (χ1v) is 3.67. The molecule has 56 valence electrons. The van der Waals surface area contributed by atoms with Crippen LogP contribution in [0.5, 0.6) is 0 Å². The van der Waals surface area contributed by atoms with Gasteiger partial charge in [-0.1, -0.05) is 44.2 Å². The summed E-state index contributed by atoms with van der Waals surface area (Å²) >= 11 is 0. The Balaban J connectivity index is 0.000000371. The zero-order chi connectivity index (χ0) is 7.82. The summed E-state index contributed by atoms with van der Waals surface area (Å²) in [5, 5.41) is 0.